The van der Waals surface area contributed by atoms with Gasteiger partial charge in [-0.3, -0.25) is 14.7 Å². The number of rotatable bonds is 4. The van der Waals surface area contributed by atoms with Crippen molar-refractivity contribution in [2.45, 2.75) is 13.0 Å². The Labute approximate surface area is 109 Å². The van der Waals surface area contributed by atoms with E-state index in [-0.39, 0.29) is 17.7 Å². The SMILES string of the molecule is O=C(O)C1C2C=CC(C2)C1C(=O)NCc1cn[nH]c1. The van der Waals surface area contributed by atoms with Crippen LogP contribution in [-0.2, 0) is 16.1 Å². The molecule has 4 unspecified atom stereocenters. The number of allylic oxidation sites excluding steroid dienone is 2. The van der Waals surface area contributed by atoms with Gasteiger partial charge in [0, 0.05) is 18.3 Å². The molecule has 1 heterocycles. The number of hydrogen-bond acceptors (Lipinski definition) is 3. The van der Waals surface area contributed by atoms with E-state index in [9.17, 15) is 14.7 Å². The third kappa shape index (κ3) is 2.03. The summed E-state index contributed by atoms with van der Waals surface area (Å²) in [5.41, 5.74) is 0.874. The van der Waals surface area contributed by atoms with E-state index in [4.69, 9.17) is 0 Å². The number of H-pyrrole nitrogens is 1. The van der Waals surface area contributed by atoms with E-state index >= 15 is 0 Å². The van der Waals surface area contributed by atoms with Crippen molar-refractivity contribution in [2.75, 3.05) is 0 Å². The summed E-state index contributed by atoms with van der Waals surface area (Å²) < 4.78 is 0. The average Bonchev–Trinajstić information content (AvgIpc) is 3.10. The van der Waals surface area contributed by atoms with Crippen molar-refractivity contribution in [3.8, 4) is 0 Å². The van der Waals surface area contributed by atoms with Crippen LogP contribution in [-0.4, -0.2) is 27.2 Å². The minimum atomic E-state index is -0.875. The molecule has 0 spiro atoms. The van der Waals surface area contributed by atoms with E-state index in [1.54, 1.807) is 12.4 Å². The number of nitrogens with one attached hydrogen (secondary N) is 2. The molecular weight excluding hydrogens is 246 g/mol. The van der Waals surface area contributed by atoms with Crippen molar-refractivity contribution in [3.05, 3.63) is 30.1 Å². The van der Waals surface area contributed by atoms with E-state index in [1.165, 1.54) is 0 Å². The lowest BCUT2D eigenvalue weighted by Crippen LogP contribution is -2.39. The minimum absolute atomic E-state index is 0.00664. The fourth-order valence-corrected chi connectivity index (χ4v) is 3.20. The monoisotopic (exact) mass is 261 g/mol. The molecule has 0 radical (unpaired) electrons. The molecule has 6 heteroatoms. The smallest absolute Gasteiger partial charge is 0.307 e. The Balaban J connectivity index is 1.68. The number of aromatic amines is 1. The second-order valence-corrected chi connectivity index (χ2v) is 5.16. The maximum absolute atomic E-state index is 12.2. The molecule has 1 amide bonds. The van der Waals surface area contributed by atoms with Gasteiger partial charge in [0.2, 0.25) is 5.91 Å². The van der Waals surface area contributed by atoms with Crippen LogP contribution in [0.5, 0.6) is 0 Å². The Hall–Kier alpha value is -2.11. The maximum atomic E-state index is 12.2. The number of carboxylic acids is 1. The summed E-state index contributed by atoms with van der Waals surface area (Å²) in [7, 11) is 0. The van der Waals surface area contributed by atoms with Crippen molar-refractivity contribution in [2.24, 2.45) is 23.7 Å². The fraction of sp³-hybridized carbons (Fsp3) is 0.462. The number of aromatic nitrogens is 2. The summed E-state index contributed by atoms with van der Waals surface area (Å²) in [6.07, 6.45) is 8.03. The second-order valence-electron chi connectivity index (χ2n) is 5.16. The number of carboxylic acid groups (broad SMARTS) is 1. The molecule has 3 rings (SSSR count). The van der Waals surface area contributed by atoms with Gasteiger partial charge < -0.3 is 10.4 Å². The molecule has 19 heavy (non-hydrogen) atoms. The third-order valence-electron chi connectivity index (χ3n) is 4.07. The molecule has 1 saturated carbocycles. The van der Waals surface area contributed by atoms with Crippen LogP contribution in [0.25, 0.3) is 0 Å². The predicted molar refractivity (Wildman–Crippen MR) is 65.8 cm³/mol. The van der Waals surface area contributed by atoms with Gasteiger partial charge in [-0.05, 0) is 18.3 Å². The number of hydrogen-bond donors (Lipinski definition) is 3. The summed E-state index contributed by atoms with van der Waals surface area (Å²) in [6, 6.07) is 0. The van der Waals surface area contributed by atoms with Crippen LogP contribution < -0.4 is 5.32 Å². The number of amides is 1. The van der Waals surface area contributed by atoms with Crippen molar-refractivity contribution < 1.29 is 14.7 Å². The third-order valence-corrected chi connectivity index (χ3v) is 4.07. The molecule has 1 aromatic rings. The van der Waals surface area contributed by atoms with Crippen LogP contribution in [0.2, 0.25) is 0 Å². The highest BCUT2D eigenvalue weighted by molar-refractivity contribution is 5.86. The van der Waals surface area contributed by atoms with Crippen LogP contribution >= 0.6 is 0 Å². The zero-order valence-corrected chi connectivity index (χ0v) is 10.2. The standard InChI is InChI=1S/C13H15N3O3/c17-12(14-4-7-5-15-16-6-7)10-8-1-2-9(3-8)11(10)13(18)19/h1-2,5-6,8-11H,3-4H2,(H,14,17)(H,15,16)(H,18,19). The molecule has 1 fully saturated rings. The first-order valence-corrected chi connectivity index (χ1v) is 6.33. The van der Waals surface area contributed by atoms with Crippen LogP contribution in [0.15, 0.2) is 24.5 Å². The summed E-state index contributed by atoms with van der Waals surface area (Å²) in [5.74, 6) is -2.01. The Morgan fingerprint density at radius 1 is 1.37 bits per heavy atom. The second kappa shape index (κ2) is 4.53. The number of aliphatic carboxylic acids is 1. The van der Waals surface area contributed by atoms with E-state index in [0.717, 1.165) is 12.0 Å². The molecule has 100 valence electrons. The predicted octanol–water partition coefficient (Wildman–Crippen LogP) is 0.549. The van der Waals surface area contributed by atoms with Crippen molar-refractivity contribution >= 4 is 11.9 Å². The van der Waals surface area contributed by atoms with E-state index in [2.05, 4.69) is 15.5 Å². The van der Waals surface area contributed by atoms with Gasteiger partial charge in [-0.25, -0.2) is 0 Å². The molecule has 2 bridgehead atoms. The Morgan fingerprint density at radius 3 is 2.74 bits per heavy atom. The number of fused-ring (bicyclic) bond motifs is 2. The van der Waals surface area contributed by atoms with E-state index in [1.807, 2.05) is 12.2 Å². The lowest BCUT2D eigenvalue weighted by Gasteiger charge is -2.23. The van der Waals surface area contributed by atoms with Crippen molar-refractivity contribution in [1.29, 1.82) is 0 Å². The molecule has 2 aliphatic carbocycles. The van der Waals surface area contributed by atoms with Crippen LogP contribution in [0.1, 0.15) is 12.0 Å². The minimum Gasteiger partial charge on any atom is -0.481 e. The van der Waals surface area contributed by atoms with E-state index in [0.29, 0.717) is 6.54 Å². The number of nitrogens with zero attached hydrogens (tertiary/aromatic N) is 1. The summed E-state index contributed by atoms with van der Waals surface area (Å²) in [4.78, 5) is 23.5. The molecular formula is C13H15N3O3. The Kier molecular flexibility index (Phi) is 2.85. The van der Waals surface area contributed by atoms with Crippen molar-refractivity contribution in [3.63, 3.8) is 0 Å². The number of carbonyl (C=O) groups excluding carboxylic acids is 1. The highest BCUT2D eigenvalue weighted by Gasteiger charge is 2.51. The first kappa shape index (κ1) is 12.0. The summed E-state index contributed by atoms with van der Waals surface area (Å²) in [6.45, 7) is 0.374. The van der Waals surface area contributed by atoms with Crippen molar-refractivity contribution in [1.82, 2.24) is 15.5 Å². The molecule has 0 aromatic carbocycles. The summed E-state index contributed by atoms with van der Waals surface area (Å²) >= 11 is 0. The topological polar surface area (TPSA) is 95.1 Å². The zero-order valence-electron chi connectivity index (χ0n) is 10.2. The molecule has 0 saturated heterocycles. The maximum Gasteiger partial charge on any atom is 0.307 e. The lowest BCUT2D eigenvalue weighted by molar-refractivity contribution is -0.147. The molecule has 0 aliphatic heterocycles. The Morgan fingerprint density at radius 2 is 2.11 bits per heavy atom. The Bertz CT molecular complexity index is 523. The molecule has 1 aromatic heterocycles. The van der Waals surface area contributed by atoms with Crippen LogP contribution in [0, 0.1) is 23.7 Å². The average molecular weight is 261 g/mol. The molecule has 4 atom stereocenters. The zero-order chi connectivity index (χ0) is 13.4. The molecule has 3 N–H and O–H groups in total. The largest absolute Gasteiger partial charge is 0.481 e. The van der Waals surface area contributed by atoms with Gasteiger partial charge in [0.05, 0.1) is 18.0 Å². The van der Waals surface area contributed by atoms with Gasteiger partial charge in [0.25, 0.3) is 0 Å². The van der Waals surface area contributed by atoms with Gasteiger partial charge in [0.15, 0.2) is 0 Å². The first-order chi connectivity index (χ1) is 9.16. The van der Waals surface area contributed by atoms with Crippen LogP contribution in [0.4, 0.5) is 0 Å². The molecule has 6 nitrogen and oxygen atoms in total. The lowest BCUT2D eigenvalue weighted by atomic mass is 9.82. The van der Waals surface area contributed by atoms with Gasteiger partial charge >= 0.3 is 5.97 Å². The van der Waals surface area contributed by atoms with Gasteiger partial charge in [-0.15, -0.1) is 0 Å². The van der Waals surface area contributed by atoms with Gasteiger partial charge in [0.1, 0.15) is 0 Å². The quantitative estimate of drug-likeness (QED) is 0.690. The van der Waals surface area contributed by atoms with E-state index < -0.39 is 17.8 Å². The normalized spacial score (nSPS) is 31.6. The fourth-order valence-electron chi connectivity index (χ4n) is 3.20. The first-order valence-electron chi connectivity index (χ1n) is 6.33. The number of carbonyl (C=O) groups is 2. The summed E-state index contributed by atoms with van der Waals surface area (Å²) in [5, 5.41) is 18.5. The van der Waals surface area contributed by atoms with Gasteiger partial charge in [-0.2, -0.15) is 5.10 Å². The highest BCUT2D eigenvalue weighted by Crippen LogP contribution is 2.48. The van der Waals surface area contributed by atoms with Crippen LogP contribution in [0.3, 0.4) is 0 Å². The highest BCUT2D eigenvalue weighted by atomic mass is 16.4. The van der Waals surface area contributed by atoms with Gasteiger partial charge in [-0.1, -0.05) is 12.2 Å². The molecule has 2 aliphatic rings.